The van der Waals surface area contributed by atoms with Crippen LogP contribution in [0.2, 0.25) is 0 Å². The zero-order valence-electron chi connectivity index (χ0n) is 24.0. The second kappa shape index (κ2) is 14.9. The van der Waals surface area contributed by atoms with Crippen molar-refractivity contribution in [1.29, 1.82) is 0 Å². The van der Waals surface area contributed by atoms with Gasteiger partial charge in [0.05, 0.1) is 0 Å². The minimum atomic E-state index is -2.44. The van der Waals surface area contributed by atoms with Crippen molar-refractivity contribution < 1.29 is 18.9 Å². The first-order chi connectivity index (χ1) is 20.6. The largest absolute Gasteiger partial charge is 0.168 e. The average molecular weight is 665 g/mol. The van der Waals surface area contributed by atoms with Gasteiger partial charge in [0, 0.05) is 0 Å². The molecule has 7 aromatic carbocycles. The Hall–Kier alpha value is -3.09. The van der Waals surface area contributed by atoms with E-state index < -0.39 is 18.9 Å². The molecule has 0 spiro atoms. The first kappa shape index (κ1) is 30.4. The standard InChI is InChI=1S/C17H17.C13H10.C9H7.2ClH.Zr/c1-3-12-5-7-16-14(9-12)11-15-10-13(4-2)6-8-17(15)16;1-3-7-12(8-4-1)11-13-9-5-2-6-10-13;1-2-5-9-7-3-6-8(9)4-1;;;/h5-11H,3-4H2,1-2H3;1-10H;1-7H;2*1H;/q-1;;-1;;;+2/p-2. The van der Waals surface area contributed by atoms with Gasteiger partial charge in [0.2, 0.25) is 0 Å². The van der Waals surface area contributed by atoms with Crippen LogP contribution in [0.4, 0.5) is 0 Å². The molecule has 0 aliphatic carbocycles. The van der Waals surface area contributed by atoms with E-state index in [1.54, 1.807) is 0 Å². The summed E-state index contributed by atoms with van der Waals surface area (Å²) in [7, 11) is 12.5. The van der Waals surface area contributed by atoms with Crippen LogP contribution in [0.3, 0.4) is 0 Å². The zero-order chi connectivity index (χ0) is 29.3. The van der Waals surface area contributed by atoms with E-state index in [2.05, 4.69) is 123 Å². The molecule has 0 radical (unpaired) electrons. The minimum Gasteiger partial charge on any atom is -0.168 e. The van der Waals surface area contributed by atoms with Gasteiger partial charge in [-0.05, 0) is 12.8 Å². The van der Waals surface area contributed by atoms with E-state index >= 15 is 0 Å². The maximum Gasteiger partial charge on any atom is -0.0809 e. The summed E-state index contributed by atoms with van der Waals surface area (Å²) in [6, 6.07) is 51.0. The van der Waals surface area contributed by atoms with Gasteiger partial charge in [-0.2, -0.15) is 17.5 Å². The molecule has 0 fully saturated rings. The topological polar surface area (TPSA) is 0 Å². The fourth-order valence-electron chi connectivity index (χ4n) is 5.23. The van der Waals surface area contributed by atoms with Gasteiger partial charge in [0.15, 0.2) is 0 Å². The number of benzene rings is 5. The monoisotopic (exact) mass is 662 g/mol. The fourth-order valence-corrected chi connectivity index (χ4v) is 9.70. The Morgan fingerprint density at radius 3 is 1.55 bits per heavy atom. The van der Waals surface area contributed by atoms with Crippen LogP contribution in [0.15, 0.2) is 146 Å². The van der Waals surface area contributed by atoms with E-state index in [1.807, 2.05) is 36.4 Å². The van der Waals surface area contributed by atoms with Crippen LogP contribution in [0, 0.1) is 0 Å². The maximum atomic E-state index is 6.24. The van der Waals surface area contributed by atoms with Gasteiger partial charge in [-0.25, -0.2) is 0 Å². The average Bonchev–Trinajstić information content (AvgIpc) is 3.66. The van der Waals surface area contributed by atoms with Crippen molar-refractivity contribution in [3.63, 3.8) is 0 Å². The maximum absolute atomic E-state index is 6.24. The van der Waals surface area contributed by atoms with Crippen LogP contribution in [0.1, 0.15) is 36.1 Å². The van der Waals surface area contributed by atoms with Crippen molar-refractivity contribution in [2.75, 3.05) is 0 Å². The molecule has 0 heterocycles. The first-order valence-corrected chi connectivity index (χ1v) is 22.0. The molecular formula is C39H34Cl2Zr-2. The summed E-state index contributed by atoms with van der Waals surface area (Å²) in [5.41, 5.74) is 5.13. The van der Waals surface area contributed by atoms with Gasteiger partial charge in [-0.15, -0.1) is 69.4 Å². The van der Waals surface area contributed by atoms with Crippen molar-refractivity contribution >= 4 is 52.5 Å². The van der Waals surface area contributed by atoms with E-state index in [1.165, 1.54) is 43.4 Å². The van der Waals surface area contributed by atoms with Gasteiger partial charge in [-0.3, -0.25) is 0 Å². The number of halogens is 2. The molecule has 0 atom stereocenters. The molecule has 0 saturated heterocycles. The predicted octanol–water partition coefficient (Wildman–Crippen LogP) is 11.6. The number of hydrogen-bond donors (Lipinski definition) is 0. The second-order valence-electron chi connectivity index (χ2n) is 10.2. The van der Waals surface area contributed by atoms with Crippen LogP contribution < -0.4 is 0 Å². The van der Waals surface area contributed by atoms with E-state index in [4.69, 9.17) is 17.0 Å². The van der Waals surface area contributed by atoms with Crippen molar-refractivity contribution in [3.05, 3.63) is 168 Å². The molecular weight excluding hydrogens is 631 g/mol. The molecule has 0 saturated carbocycles. The fraction of sp³-hybridized carbons (Fsp3) is 0.103. The van der Waals surface area contributed by atoms with Gasteiger partial charge in [0.25, 0.3) is 0 Å². The SMILES string of the molecule is CCc1ccc2c(c1)[cH-]c1cc(CC)ccc12.[Cl][Zr]([Cl])=[C](c1ccccc1)c1ccccc1.c1ccc2[cH-]ccc2c1. The number of aryl methyl sites for hydroxylation is 2. The van der Waals surface area contributed by atoms with Crippen molar-refractivity contribution in [2.24, 2.45) is 0 Å². The summed E-state index contributed by atoms with van der Waals surface area (Å²) in [6.45, 7) is 4.41. The Balaban J connectivity index is 0.000000132. The molecule has 42 heavy (non-hydrogen) atoms. The molecule has 0 N–H and O–H groups in total. The van der Waals surface area contributed by atoms with Gasteiger partial charge in [-0.1, -0.05) is 55.3 Å². The Bertz CT molecular complexity index is 1780. The molecule has 0 nitrogen and oxygen atoms in total. The first-order valence-electron chi connectivity index (χ1n) is 14.4. The van der Waals surface area contributed by atoms with Crippen LogP contribution in [-0.2, 0) is 31.7 Å². The second-order valence-corrected chi connectivity index (χ2v) is 18.3. The summed E-state index contributed by atoms with van der Waals surface area (Å²) in [6.07, 6.45) is 2.22. The summed E-state index contributed by atoms with van der Waals surface area (Å²) in [5.74, 6) is 0. The molecule has 3 heteroatoms. The van der Waals surface area contributed by atoms with Crippen LogP contribution >= 0.6 is 17.0 Å². The summed E-state index contributed by atoms with van der Waals surface area (Å²) in [4.78, 5) is 0. The molecule has 7 aromatic rings. The molecule has 7 rings (SSSR count). The summed E-state index contributed by atoms with van der Waals surface area (Å²) in [5, 5.41) is 8.20. The van der Waals surface area contributed by atoms with Gasteiger partial charge in [0.1, 0.15) is 0 Å². The van der Waals surface area contributed by atoms with Gasteiger partial charge >= 0.3 is 111 Å². The van der Waals surface area contributed by atoms with E-state index in [0.717, 1.165) is 27.2 Å². The molecule has 0 amide bonds. The third kappa shape index (κ3) is 7.46. The molecule has 0 bridgehead atoms. The zero-order valence-corrected chi connectivity index (χ0v) is 28.0. The third-order valence-corrected chi connectivity index (χ3v) is 12.1. The Morgan fingerprint density at radius 2 is 1.07 bits per heavy atom. The van der Waals surface area contributed by atoms with Crippen LogP contribution in [0.5, 0.6) is 0 Å². The normalized spacial score (nSPS) is 10.6. The molecule has 210 valence electrons. The number of fused-ring (bicyclic) bond motifs is 4. The Morgan fingerprint density at radius 1 is 0.571 bits per heavy atom. The van der Waals surface area contributed by atoms with Crippen molar-refractivity contribution in [2.45, 2.75) is 26.7 Å². The summed E-state index contributed by atoms with van der Waals surface area (Å²) < 4.78 is 1.15. The Kier molecular flexibility index (Phi) is 10.8. The van der Waals surface area contributed by atoms with Gasteiger partial charge < -0.3 is 0 Å². The minimum absolute atomic E-state index is 1.11. The van der Waals surface area contributed by atoms with Crippen molar-refractivity contribution in [3.8, 4) is 0 Å². The third-order valence-electron chi connectivity index (χ3n) is 7.51. The Labute approximate surface area is 264 Å². The summed E-state index contributed by atoms with van der Waals surface area (Å²) >= 11 is -2.44. The molecule has 0 unspecified atom stereocenters. The molecule has 0 aliphatic rings. The van der Waals surface area contributed by atoms with Crippen LogP contribution in [-0.4, -0.2) is 3.21 Å². The molecule has 0 aliphatic heterocycles. The number of hydrogen-bond acceptors (Lipinski definition) is 0. The van der Waals surface area contributed by atoms with E-state index in [-0.39, 0.29) is 0 Å². The predicted molar refractivity (Wildman–Crippen MR) is 183 cm³/mol. The van der Waals surface area contributed by atoms with E-state index in [9.17, 15) is 0 Å². The smallest absolute Gasteiger partial charge is 0.0809 e. The van der Waals surface area contributed by atoms with Crippen molar-refractivity contribution in [1.82, 2.24) is 0 Å². The molecule has 0 aromatic heterocycles. The quantitative estimate of drug-likeness (QED) is 0.164. The van der Waals surface area contributed by atoms with Crippen LogP contribution in [0.25, 0.3) is 32.3 Å². The van der Waals surface area contributed by atoms with E-state index in [0.29, 0.717) is 0 Å². The number of rotatable bonds is 4.